The molecule has 1 aromatic carbocycles. The van der Waals surface area contributed by atoms with Crippen molar-refractivity contribution in [1.82, 2.24) is 4.90 Å². The first-order chi connectivity index (χ1) is 10.7. The van der Waals surface area contributed by atoms with E-state index in [9.17, 15) is 14.7 Å². The molecule has 7 heteroatoms. The van der Waals surface area contributed by atoms with Crippen LogP contribution in [0.1, 0.15) is 31.1 Å². The number of aromatic carboxylic acids is 1. The molecule has 0 saturated carbocycles. The lowest BCUT2D eigenvalue weighted by Crippen LogP contribution is -2.50. The van der Waals surface area contributed by atoms with Gasteiger partial charge in [0.1, 0.15) is 5.60 Å². The highest BCUT2D eigenvalue weighted by Gasteiger charge is 2.27. The number of rotatable bonds is 2. The molecule has 1 amide bonds. The van der Waals surface area contributed by atoms with Crippen LogP contribution in [0.15, 0.2) is 22.7 Å². The highest BCUT2D eigenvalue weighted by molar-refractivity contribution is 9.10. The van der Waals surface area contributed by atoms with Gasteiger partial charge in [-0.1, -0.05) is 15.9 Å². The number of nitrogens with zero attached hydrogens (tertiary/aromatic N) is 2. The molecule has 0 bridgehead atoms. The average molecular weight is 385 g/mol. The molecule has 2 rings (SSSR count). The molecule has 1 heterocycles. The Kier molecular flexibility index (Phi) is 5.19. The molecule has 126 valence electrons. The van der Waals surface area contributed by atoms with Gasteiger partial charge in [0.2, 0.25) is 0 Å². The number of hydrogen-bond donors (Lipinski definition) is 1. The largest absolute Gasteiger partial charge is 0.478 e. The third-order valence-corrected chi connectivity index (χ3v) is 3.95. The third-order valence-electron chi connectivity index (χ3n) is 3.46. The predicted octanol–water partition coefficient (Wildman–Crippen LogP) is 3.20. The van der Waals surface area contributed by atoms with Gasteiger partial charge in [0.15, 0.2) is 0 Å². The molecule has 0 aliphatic carbocycles. The summed E-state index contributed by atoms with van der Waals surface area (Å²) in [6, 6.07) is 5.20. The van der Waals surface area contributed by atoms with E-state index in [0.717, 1.165) is 4.47 Å². The van der Waals surface area contributed by atoms with Crippen molar-refractivity contribution >= 4 is 33.7 Å². The lowest BCUT2D eigenvalue weighted by atomic mass is 10.1. The normalized spacial score (nSPS) is 15.5. The molecule has 0 atom stereocenters. The van der Waals surface area contributed by atoms with Crippen molar-refractivity contribution in [3.63, 3.8) is 0 Å². The van der Waals surface area contributed by atoms with Crippen LogP contribution in [0.5, 0.6) is 0 Å². The SMILES string of the molecule is CC(C)(C)OC(=O)N1CCN(c2ccc(Br)cc2C(=O)O)CC1. The Balaban J connectivity index is 2.05. The van der Waals surface area contributed by atoms with Crippen LogP contribution in [0.25, 0.3) is 0 Å². The van der Waals surface area contributed by atoms with Crippen LogP contribution in [0.3, 0.4) is 0 Å². The Bertz CT molecular complexity index is 605. The van der Waals surface area contributed by atoms with Crippen LogP contribution < -0.4 is 4.90 Å². The molecule has 0 spiro atoms. The van der Waals surface area contributed by atoms with E-state index in [4.69, 9.17) is 4.74 Å². The zero-order chi connectivity index (χ0) is 17.2. The molecule has 0 unspecified atom stereocenters. The molecule has 1 N–H and O–H groups in total. The molecule has 6 nitrogen and oxygen atoms in total. The standard InChI is InChI=1S/C16H21BrN2O4/c1-16(2,3)23-15(22)19-8-6-18(7-9-19)13-5-4-11(17)10-12(13)14(20)21/h4-5,10H,6-9H2,1-3H3,(H,20,21). The molecule has 1 aliphatic heterocycles. The van der Waals surface area contributed by atoms with Gasteiger partial charge in [-0.2, -0.15) is 0 Å². The van der Waals surface area contributed by atoms with Gasteiger partial charge < -0.3 is 19.6 Å². The Morgan fingerprint density at radius 1 is 1.17 bits per heavy atom. The maximum Gasteiger partial charge on any atom is 0.410 e. The van der Waals surface area contributed by atoms with Crippen molar-refractivity contribution < 1.29 is 19.4 Å². The molecular weight excluding hydrogens is 364 g/mol. The van der Waals surface area contributed by atoms with Crippen molar-refractivity contribution in [2.24, 2.45) is 0 Å². The van der Waals surface area contributed by atoms with Gasteiger partial charge >= 0.3 is 12.1 Å². The molecule has 23 heavy (non-hydrogen) atoms. The number of carbonyl (C=O) groups excluding carboxylic acids is 1. The molecule has 1 saturated heterocycles. The lowest BCUT2D eigenvalue weighted by Gasteiger charge is -2.37. The van der Waals surface area contributed by atoms with Gasteiger partial charge in [-0.05, 0) is 39.0 Å². The van der Waals surface area contributed by atoms with Gasteiger partial charge in [-0.25, -0.2) is 9.59 Å². The first kappa shape index (κ1) is 17.6. The maximum atomic E-state index is 12.1. The van der Waals surface area contributed by atoms with Gasteiger partial charge in [-0.15, -0.1) is 0 Å². The van der Waals surface area contributed by atoms with Gasteiger partial charge in [0, 0.05) is 30.7 Å². The molecular formula is C16H21BrN2O4. The number of benzene rings is 1. The summed E-state index contributed by atoms with van der Waals surface area (Å²) >= 11 is 3.29. The second kappa shape index (κ2) is 6.78. The van der Waals surface area contributed by atoms with Crippen LogP contribution in [0.2, 0.25) is 0 Å². The molecule has 0 radical (unpaired) electrons. The second-order valence-corrected chi connectivity index (χ2v) is 7.34. The number of piperazine rings is 1. The van der Waals surface area contributed by atoms with E-state index in [1.54, 1.807) is 17.0 Å². The number of carbonyl (C=O) groups is 2. The van der Waals surface area contributed by atoms with Crippen LogP contribution in [-0.4, -0.2) is 53.8 Å². The highest BCUT2D eigenvalue weighted by Crippen LogP contribution is 2.26. The molecule has 1 aliphatic rings. The quantitative estimate of drug-likeness (QED) is 0.847. The maximum absolute atomic E-state index is 12.1. The lowest BCUT2D eigenvalue weighted by molar-refractivity contribution is 0.0240. The minimum absolute atomic E-state index is 0.255. The zero-order valence-corrected chi connectivity index (χ0v) is 15.1. The van der Waals surface area contributed by atoms with E-state index in [1.807, 2.05) is 31.7 Å². The summed E-state index contributed by atoms with van der Waals surface area (Å²) < 4.78 is 6.09. The predicted molar refractivity (Wildman–Crippen MR) is 91.1 cm³/mol. The number of carboxylic acid groups (broad SMARTS) is 1. The number of ether oxygens (including phenoxy) is 1. The second-order valence-electron chi connectivity index (χ2n) is 6.42. The first-order valence-corrected chi connectivity index (χ1v) is 8.22. The highest BCUT2D eigenvalue weighted by atomic mass is 79.9. The molecule has 1 fully saturated rings. The summed E-state index contributed by atoms with van der Waals surface area (Å²) in [6.45, 7) is 7.66. The van der Waals surface area contributed by atoms with Crippen molar-refractivity contribution in [3.05, 3.63) is 28.2 Å². The van der Waals surface area contributed by atoms with E-state index < -0.39 is 11.6 Å². The van der Waals surface area contributed by atoms with Gasteiger partial charge in [0.05, 0.1) is 11.3 Å². The molecule has 1 aromatic rings. The average Bonchev–Trinajstić information content (AvgIpc) is 2.45. The van der Waals surface area contributed by atoms with Gasteiger partial charge in [0.25, 0.3) is 0 Å². The van der Waals surface area contributed by atoms with Crippen molar-refractivity contribution in [2.45, 2.75) is 26.4 Å². The van der Waals surface area contributed by atoms with Crippen molar-refractivity contribution in [1.29, 1.82) is 0 Å². The summed E-state index contributed by atoms with van der Waals surface area (Å²) in [5.74, 6) is -0.962. The summed E-state index contributed by atoms with van der Waals surface area (Å²) in [7, 11) is 0. The fourth-order valence-electron chi connectivity index (χ4n) is 2.41. The Morgan fingerprint density at radius 3 is 2.30 bits per heavy atom. The number of carboxylic acids is 1. The fraction of sp³-hybridized carbons (Fsp3) is 0.500. The smallest absolute Gasteiger partial charge is 0.410 e. The van der Waals surface area contributed by atoms with Crippen LogP contribution in [0.4, 0.5) is 10.5 Å². The first-order valence-electron chi connectivity index (χ1n) is 7.43. The minimum Gasteiger partial charge on any atom is -0.478 e. The van der Waals surface area contributed by atoms with E-state index in [-0.39, 0.29) is 11.7 Å². The number of halogens is 1. The van der Waals surface area contributed by atoms with Crippen LogP contribution in [-0.2, 0) is 4.74 Å². The Hall–Kier alpha value is -1.76. The van der Waals surface area contributed by atoms with Crippen molar-refractivity contribution in [2.75, 3.05) is 31.1 Å². The van der Waals surface area contributed by atoms with E-state index >= 15 is 0 Å². The summed E-state index contributed by atoms with van der Waals surface area (Å²) in [5, 5.41) is 9.36. The summed E-state index contributed by atoms with van der Waals surface area (Å²) in [4.78, 5) is 27.1. The summed E-state index contributed by atoms with van der Waals surface area (Å²) in [6.07, 6.45) is -0.327. The van der Waals surface area contributed by atoms with E-state index in [0.29, 0.717) is 31.9 Å². The topological polar surface area (TPSA) is 70.1 Å². The summed E-state index contributed by atoms with van der Waals surface area (Å²) in [5.41, 5.74) is 0.408. The molecule has 0 aromatic heterocycles. The third kappa shape index (κ3) is 4.60. The monoisotopic (exact) mass is 384 g/mol. The van der Waals surface area contributed by atoms with E-state index in [1.165, 1.54) is 0 Å². The number of hydrogen-bond acceptors (Lipinski definition) is 4. The number of anilines is 1. The van der Waals surface area contributed by atoms with Crippen LogP contribution in [0, 0.1) is 0 Å². The number of amides is 1. The zero-order valence-electron chi connectivity index (χ0n) is 13.5. The van der Waals surface area contributed by atoms with E-state index in [2.05, 4.69) is 15.9 Å². The minimum atomic E-state index is -0.962. The van der Waals surface area contributed by atoms with Crippen molar-refractivity contribution in [3.8, 4) is 0 Å². The fourth-order valence-corrected chi connectivity index (χ4v) is 2.77. The van der Waals surface area contributed by atoms with Gasteiger partial charge in [-0.3, -0.25) is 0 Å². The Morgan fingerprint density at radius 2 is 1.78 bits per heavy atom. The van der Waals surface area contributed by atoms with Crippen LogP contribution >= 0.6 is 15.9 Å². The Labute approximate surface area is 144 Å².